The van der Waals surface area contributed by atoms with Crippen LogP contribution in [0.4, 0.5) is 5.69 Å². The van der Waals surface area contributed by atoms with Gasteiger partial charge in [-0.1, -0.05) is 56.6 Å². The molecule has 3 nitrogen and oxygen atoms in total. The molecule has 1 heterocycles. The number of carbonyl (C=O) groups excluding carboxylic acids is 1. The first kappa shape index (κ1) is 16.6. The second-order valence-electron chi connectivity index (χ2n) is 6.95. The second-order valence-corrected chi connectivity index (χ2v) is 7.36. The van der Waals surface area contributed by atoms with Crippen LogP contribution in [0.15, 0.2) is 46.9 Å². The van der Waals surface area contributed by atoms with Crippen LogP contribution >= 0.6 is 11.6 Å². The molecule has 2 aromatic carbocycles. The van der Waals surface area contributed by atoms with Crippen LogP contribution in [-0.2, 0) is 5.41 Å². The highest BCUT2D eigenvalue weighted by atomic mass is 35.5. The summed E-state index contributed by atoms with van der Waals surface area (Å²) in [6, 6.07) is 13.4. The molecule has 0 fully saturated rings. The van der Waals surface area contributed by atoms with Gasteiger partial charge in [0.15, 0.2) is 11.3 Å². The third kappa shape index (κ3) is 3.04. The zero-order valence-corrected chi connectivity index (χ0v) is 15.0. The largest absolute Gasteiger partial charge is 0.449 e. The lowest BCUT2D eigenvalue weighted by Crippen LogP contribution is -2.13. The maximum absolute atomic E-state index is 12.5. The molecule has 0 radical (unpaired) electrons. The maximum Gasteiger partial charge on any atom is 0.291 e. The van der Waals surface area contributed by atoms with Crippen LogP contribution < -0.4 is 5.32 Å². The van der Waals surface area contributed by atoms with E-state index >= 15 is 0 Å². The number of amides is 1. The standard InChI is InChI=1S/C20H20ClNO2/c1-12-15-6-5-7-16(21)18(15)24-17(12)19(23)22-14-10-8-13(9-11-14)20(2,3)4/h5-11H,1-4H3,(H,22,23). The van der Waals surface area contributed by atoms with Crippen molar-refractivity contribution in [2.24, 2.45) is 0 Å². The molecule has 0 spiro atoms. The Morgan fingerprint density at radius 1 is 1.08 bits per heavy atom. The van der Waals surface area contributed by atoms with Crippen molar-refractivity contribution < 1.29 is 9.21 Å². The first-order valence-corrected chi connectivity index (χ1v) is 8.24. The summed E-state index contributed by atoms with van der Waals surface area (Å²) in [5, 5.41) is 4.24. The predicted molar refractivity (Wildman–Crippen MR) is 99.1 cm³/mol. The van der Waals surface area contributed by atoms with E-state index in [2.05, 4.69) is 26.1 Å². The number of hydrogen-bond acceptors (Lipinski definition) is 2. The number of para-hydroxylation sites is 1. The SMILES string of the molecule is Cc1c(C(=O)Nc2ccc(C(C)(C)C)cc2)oc2c(Cl)cccc12. The van der Waals surface area contributed by atoms with Gasteiger partial charge in [-0.3, -0.25) is 4.79 Å². The fourth-order valence-corrected chi connectivity index (χ4v) is 2.88. The summed E-state index contributed by atoms with van der Waals surface area (Å²) in [5.41, 5.74) is 3.36. The molecule has 0 saturated carbocycles. The van der Waals surface area contributed by atoms with Gasteiger partial charge in [-0.05, 0) is 36.1 Å². The van der Waals surface area contributed by atoms with Crippen molar-refractivity contribution >= 4 is 34.2 Å². The lowest BCUT2D eigenvalue weighted by Gasteiger charge is -2.19. The fraction of sp³-hybridized carbons (Fsp3) is 0.250. The van der Waals surface area contributed by atoms with Crippen LogP contribution in [0.2, 0.25) is 5.02 Å². The molecule has 4 heteroatoms. The average Bonchev–Trinajstić information content (AvgIpc) is 2.86. The molecule has 0 aliphatic rings. The summed E-state index contributed by atoms with van der Waals surface area (Å²) < 4.78 is 5.70. The van der Waals surface area contributed by atoms with E-state index in [-0.39, 0.29) is 17.1 Å². The number of halogens is 1. The minimum absolute atomic E-state index is 0.0780. The highest BCUT2D eigenvalue weighted by Gasteiger charge is 2.19. The molecule has 0 saturated heterocycles. The van der Waals surface area contributed by atoms with Gasteiger partial charge < -0.3 is 9.73 Å². The summed E-state index contributed by atoms with van der Waals surface area (Å²) >= 11 is 6.14. The molecule has 0 unspecified atom stereocenters. The van der Waals surface area contributed by atoms with Gasteiger partial charge in [0.05, 0.1) is 5.02 Å². The van der Waals surface area contributed by atoms with Gasteiger partial charge in [-0.2, -0.15) is 0 Å². The van der Waals surface area contributed by atoms with Gasteiger partial charge >= 0.3 is 0 Å². The fourth-order valence-electron chi connectivity index (χ4n) is 2.67. The summed E-state index contributed by atoms with van der Waals surface area (Å²) in [7, 11) is 0. The number of aryl methyl sites for hydroxylation is 1. The van der Waals surface area contributed by atoms with Crippen LogP contribution in [0.25, 0.3) is 11.0 Å². The second kappa shape index (κ2) is 5.99. The van der Waals surface area contributed by atoms with Crippen molar-refractivity contribution in [3.63, 3.8) is 0 Å². The summed E-state index contributed by atoms with van der Waals surface area (Å²) in [6.07, 6.45) is 0. The quantitative estimate of drug-likeness (QED) is 0.626. The Morgan fingerprint density at radius 2 is 1.75 bits per heavy atom. The van der Waals surface area contributed by atoms with Crippen LogP contribution in [0, 0.1) is 6.92 Å². The van der Waals surface area contributed by atoms with Crippen LogP contribution in [0.3, 0.4) is 0 Å². The van der Waals surface area contributed by atoms with Crippen molar-refractivity contribution in [1.29, 1.82) is 0 Å². The van der Waals surface area contributed by atoms with E-state index in [1.165, 1.54) is 5.56 Å². The Hall–Kier alpha value is -2.26. The van der Waals surface area contributed by atoms with Crippen molar-refractivity contribution in [3.8, 4) is 0 Å². The third-order valence-electron chi connectivity index (χ3n) is 4.13. The van der Waals surface area contributed by atoms with Gasteiger partial charge in [-0.25, -0.2) is 0 Å². The van der Waals surface area contributed by atoms with Crippen LogP contribution in [0.5, 0.6) is 0 Å². The van der Waals surface area contributed by atoms with E-state index in [0.717, 1.165) is 16.6 Å². The summed E-state index contributed by atoms with van der Waals surface area (Å²) in [6.45, 7) is 8.33. The number of nitrogens with one attached hydrogen (secondary N) is 1. The summed E-state index contributed by atoms with van der Waals surface area (Å²) in [5.74, 6) is 0.0151. The molecule has 1 aromatic heterocycles. The summed E-state index contributed by atoms with van der Waals surface area (Å²) in [4.78, 5) is 12.5. The molecule has 3 aromatic rings. The number of rotatable bonds is 2. The number of furan rings is 1. The lowest BCUT2D eigenvalue weighted by molar-refractivity contribution is 0.0998. The first-order chi connectivity index (χ1) is 11.3. The van der Waals surface area contributed by atoms with Gasteiger partial charge in [0, 0.05) is 16.6 Å². The van der Waals surface area contributed by atoms with Crippen molar-refractivity contribution in [2.45, 2.75) is 33.1 Å². The molecule has 0 bridgehead atoms. The van der Waals surface area contributed by atoms with Gasteiger partial charge in [0.25, 0.3) is 5.91 Å². The normalized spacial score (nSPS) is 11.7. The minimum atomic E-state index is -0.275. The van der Waals surface area contributed by atoms with Crippen LogP contribution in [-0.4, -0.2) is 5.91 Å². The molecular weight excluding hydrogens is 322 g/mol. The van der Waals surface area contributed by atoms with Crippen molar-refractivity contribution in [2.75, 3.05) is 5.32 Å². The highest BCUT2D eigenvalue weighted by Crippen LogP contribution is 2.31. The Balaban J connectivity index is 1.88. The third-order valence-corrected chi connectivity index (χ3v) is 4.43. The molecule has 1 N–H and O–H groups in total. The lowest BCUT2D eigenvalue weighted by atomic mass is 9.87. The molecule has 0 aliphatic carbocycles. The molecule has 24 heavy (non-hydrogen) atoms. The Labute approximate surface area is 146 Å². The van der Waals surface area contributed by atoms with Gasteiger partial charge in [-0.15, -0.1) is 0 Å². The zero-order valence-electron chi connectivity index (χ0n) is 14.2. The Kier molecular flexibility index (Phi) is 4.14. The molecule has 0 aliphatic heterocycles. The molecule has 3 rings (SSSR count). The number of fused-ring (bicyclic) bond motifs is 1. The van der Waals surface area contributed by atoms with E-state index in [9.17, 15) is 4.79 Å². The van der Waals surface area contributed by atoms with E-state index in [1.54, 1.807) is 6.07 Å². The Bertz CT molecular complexity index is 902. The molecule has 1 amide bonds. The number of carbonyl (C=O) groups is 1. The van der Waals surface area contributed by atoms with E-state index in [1.807, 2.05) is 43.3 Å². The van der Waals surface area contributed by atoms with E-state index in [4.69, 9.17) is 16.0 Å². The first-order valence-electron chi connectivity index (χ1n) is 7.87. The average molecular weight is 342 g/mol. The Morgan fingerprint density at radius 3 is 2.33 bits per heavy atom. The minimum Gasteiger partial charge on any atom is -0.449 e. The molecule has 0 atom stereocenters. The van der Waals surface area contributed by atoms with Crippen molar-refractivity contribution in [3.05, 3.63) is 64.4 Å². The highest BCUT2D eigenvalue weighted by molar-refractivity contribution is 6.35. The number of hydrogen-bond donors (Lipinski definition) is 1. The van der Waals surface area contributed by atoms with Gasteiger partial charge in [0.2, 0.25) is 0 Å². The predicted octanol–water partition coefficient (Wildman–Crippen LogP) is 5.94. The molecule has 124 valence electrons. The van der Waals surface area contributed by atoms with Gasteiger partial charge in [0.1, 0.15) is 0 Å². The number of anilines is 1. The van der Waals surface area contributed by atoms with E-state index in [0.29, 0.717) is 10.6 Å². The monoisotopic (exact) mass is 341 g/mol. The zero-order chi connectivity index (χ0) is 17.5. The maximum atomic E-state index is 12.5. The van der Waals surface area contributed by atoms with Crippen LogP contribution in [0.1, 0.15) is 42.5 Å². The van der Waals surface area contributed by atoms with E-state index < -0.39 is 0 Å². The number of benzene rings is 2. The topological polar surface area (TPSA) is 42.2 Å². The van der Waals surface area contributed by atoms with Crippen molar-refractivity contribution in [1.82, 2.24) is 0 Å². The smallest absolute Gasteiger partial charge is 0.291 e. The molecular formula is C20H20ClNO2.